The lowest BCUT2D eigenvalue weighted by molar-refractivity contribution is -0.138. The molecule has 0 amide bonds. The van der Waals surface area contributed by atoms with Crippen molar-refractivity contribution < 1.29 is 9.90 Å². The number of hydrogen-bond acceptors (Lipinski definition) is 2. The van der Waals surface area contributed by atoms with Crippen LogP contribution in [0.15, 0.2) is 18.2 Å². The topological polar surface area (TPSA) is 63.3 Å². The first-order valence-electron chi connectivity index (χ1n) is 4.12. The Morgan fingerprint density at radius 3 is 2.69 bits per heavy atom. The van der Waals surface area contributed by atoms with Crippen molar-refractivity contribution in [3.8, 4) is 0 Å². The van der Waals surface area contributed by atoms with Gasteiger partial charge in [-0.15, -0.1) is 0 Å². The van der Waals surface area contributed by atoms with Crippen LogP contribution < -0.4 is 5.73 Å². The smallest absolute Gasteiger partial charge is 0.310 e. The Labute approximate surface area is 77.2 Å². The van der Waals surface area contributed by atoms with Gasteiger partial charge < -0.3 is 10.8 Å². The lowest BCUT2D eigenvalue weighted by Crippen LogP contribution is -2.09. The van der Waals surface area contributed by atoms with Gasteiger partial charge in [-0.2, -0.15) is 0 Å². The minimum absolute atomic E-state index is 0.497. The zero-order valence-electron chi connectivity index (χ0n) is 7.74. The third-order valence-corrected chi connectivity index (χ3v) is 2.25. The zero-order chi connectivity index (χ0) is 10.0. The first kappa shape index (κ1) is 9.58. The van der Waals surface area contributed by atoms with Gasteiger partial charge in [0.1, 0.15) is 0 Å². The maximum absolute atomic E-state index is 10.7. The number of nitrogen functional groups attached to an aromatic ring is 1. The van der Waals surface area contributed by atoms with Gasteiger partial charge in [-0.1, -0.05) is 12.1 Å². The molecule has 13 heavy (non-hydrogen) atoms. The Morgan fingerprint density at radius 2 is 2.15 bits per heavy atom. The number of carboxylic acid groups (broad SMARTS) is 1. The molecule has 1 aromatic carbocycles. The summed E-state index contributed by atoms with van der Waals surface area (Å²) >= 11 is 0. The fourth-order valence-electron chi connectivity index (χ4n) is 1.27. The van der Waals surface area contributed by atoms with Crippen LogP contribution in [-0.2, 0) is 4.79 Å². The highest BCUT2D eigenvalue weighted by Crippen LogP contribution is 2.23. The molecule has 1 atom stereocenters. The normalized spacial score (nSPS) is 12.5. The van der Waals surface area contributed by atoms with Crippen LogP contribution in [0, 0.1) is 6.92 Å². The number of nitrogens with two attached hydrogens (primary N) is 1. The minimum atomic E-state index is -0.825. The standard InChI is InChI=1S/C10H13NO2/c1-6-8(7(2)10(12)13)4-3-5-9(6)11/h3-5,7H,11H2,1-2H3,(H,12,13). The number of carboxylic acids is 1. The molecule has 0 aliphatic heterocycles. The number of aliphatic carboxylic acids is 1. The molecule has 0 aliphatic carbocycles. The first-order valence-corrected chi connectivity index (χ1v) is 4.12. The molecule has 3 N–H and O–H groups in total. The van der Waals surface area contributed by atoms with E-state index in [0.29, 0.717) is 5.69 Å². The van der Waals surface area contributed by atoms with Gasteiger partial charge in [0.15, 0.2) is 0 Å². The summed E-state index contributed by atoms with van der Waals surface area (Å²) in [6.45, 7) is 3.49. The highest BCUT2D eigenvalue weighted by atomic mass is 16.4. The van der Waals surface area contributed by atoms with E-state index < -0.39 is 11.9 Å². The largest absolute Gasteiger partial charge is 0.481 e. The summed E-state index contributed by atoms with van der Waals surface area (Å²) in [5.41, 5.74) is 7.95. The molecular weight excluding hydrogens is 166 g/mol. The summed E-state index contributed by atoms with van der Waals surface area (Å²) in [5.74, 6) is -1.32. The Hall–Kier alpha value is -1.51. The second kappa shape index (κ2) is 3.47. The van der Waals surface area contributed by atoms with Crippen molar-refractivity contribution in [3.05, 3.63) is 29.3 Å². The SMILES string of the molecule is Cc1c(N)cccc1C(C)C(=O)O. The van der Waals surface area contributed by atoms with E-state index >= 15 is 0 Å². The van der Waals surface area contributed by atoms with E-state index in [2.05, 4.69) is 0 Å². The summed E-state index contributed by atoms with van der Waals surface area (Å²) in [6, 6.07) is 5.34. The number of carbonyl (C=O) groups is 1. The van der Waals surface area contributed by atoms with Crippen molar-refractivity contribution in [2.75, 3.05) is 5.73 Å². The van der Waals surface area contributed by atoms with Gasteiger partial charge in [0.2, 0.25) is 0 Å². The van der Waals surface area contributed by atoms with E-state index in [1.54, 1.807) is 25.1 Å². The average Bonchev–Trinajstić information content (AvgIpc) is 2.08. The highest BCUT2D eigenvalue weighted by Gasteiger charge is 2.16. The summed E-state index contributed by atoms with van der Waals surface area (Å²) in [7, 11) is 0. The van der Waals surface area contributed by atoms with E-state index in [4.69, 9.17) is 10.8 Å². The molecule has 0 radical (unpaired) electrons. The first-order chi connectivity index (χ1) is 6.04. The Balaban J connectivity index is 3.15. The number of rotatable bonds is 2. The number of benzene rings is 1. The van der Waals surface area contributed by atoms with Crippen LogP contribution >= 0.6 is 0 Å². The molecule has 0 saturated carbocycles. The molecule has 0 spiro atoms. The maximum Gasteiger partial charge on any atom is 0.310 e. The van der Waals surface area contributed by atoms with E-state index in [9.17, 15) is 4.79 Å². The van der Waals surface area contributed by atoms with Gasteiger partial charge in [-0.05, 0) is 31.0 Å². The fraction of sp³-hybridized carbons (Fsp3) is 0.300. The van der Waals surface area contributed by atoms with E-state index in [0.717, 1.165) is 11.1 Å². The summed E-state index contributed by atoms with van der Waals surface area (Å²) in [4.78, 5) is 10.7. The summed E-state index contributed by atoms with van der Waals surface area (Å²) < 4.78 is 0. The predicted molar refractivity (Wildman–Crippen MR) is 51.6 cm³/mol. The molecule has 3 nitrogen and oxygen atoms in total. The zero-order valence-corrected chi connectivity index (χ0v) is 7.74. The molecule has 3 heteroatoms. The lowest BCUT2D eigenvalue weighted by Gasteiger charge is -2.11. The van der Waals surface area contributed by atoms with Crippen LogP contribution in [-0.4, -0.2) is 11.1 Å². The van der Waals surface area contributed by atoms with Crippen molar-refractivity contribution in [1.29, 1.82) is 0 Å². The van der Waals surface area contributed by atoms with Crippen molar-refractivity contribution >= 4 is 11.7 Å². The summed E-state index contributed by atoms with van der Waals surface area (Å²) in [6.07, 6.45) is 0. The second-order valence-corrected chi connectivity index (χ2v) is 3.12. The molecular formula is C10H13NO2. The van der Waals surface area contributed by atoms with Gasteiger partial charge in [-0.3, -0.25) is 4.79 Å². The van der Waals surface area contributed by atoms with Crippen LogP contribution in [0.1, 0.15) is 24.0 Å². The van der Waals surface area contributed by atoms with E-state index in [1.807, 2.05) is 6.92 Å². The van der Waals surface area contributed by atoms with Crippen LogP contribution in [0.4, 0.5) is 5.69 Å². The van der Waals surface area contributed by atoms with Gasteiger partial charge in [0.05, 0.1) is 5.92 Å². The van der Waals surface area contributed by atoms with Crippen LogP contribution in [0.25, 0.3) is 0 Å². The number of hydrogen-bond donors (Lipinski definition) is 2. The molecule has 0 aliphatic rings. The third-order valence-electron chi connectivity index (χ3n) is 2.25. The van der Waals surface area contributed by atoms with Crippen molar-refractivity contribution in [2.24, 2.45) is 0 Å². The molecule has 0 aromatic heterocycles. The Morgan fingerprint density at radius 1 is 1.54 bits per heavy atom. The van der Waals surface area contributed by atoms with Crippen LogP contribution in [0.5, 0.6) is 0 Å². The molecule has 70 valence electrons. The third kappa shape index (κ3) is 1.80. The quantitative estimate of drug-likeness (QED) is 0.680. The summed E-state index contributed by atoms with van der Waals surface area (Å²) in [5, 5.41) is 8.81. The van der Waals surface area contributed by atoms with Crippen LogP contribution in [0.3, 0.4) is 0 Å². The highest BCUT2D eigenvalue weighted by molar-refractivity contribution is 5.77. The minimum Gasteiger partial charge on any atom is -0.481 e. The molecule has 0 bridgehead atoms. The monoisotopic (exact) mass is 179 g/mol. The molecule has 0 saturated heterocycles. The molecule has 1 rings (SSSR count). The Kier molecular flexibility index (Phi) is 2.56. The van der Waals surface area contributed by atoms with E-state index in [-0.39, 0.29) is 0 Å². The van der Waals surface area contributed by atoms with Crippen LogP contribution in [0.2, 0.25) is 0 Å². The predicted octanol–water partition coefficient (Wildman–Crippen LogP) is 1.77. The van der Waals surface area contributed by atoms with E-state index in [1.165, 1.54) is 0 Å². The molecule has 0 fully saturated rings. The van der Waals surface area contributed by atoms with Gasteiger partial charge in [-0.25, -0.2) is 0 Å². The second-order valence-electron chi connectivity index (χ2n) is 3.12. The van der Waals surface area contributed by atoms with Gasteiger partial charge in [0.25, 0.3) is 0 Å². The maximum atomic E-state index is 10.7. The van der Waals surface area contributed by atoms with Crippen molar-refractivity contribution in [2.45, 2.75) is 19.8 Å². The van der Waals surface area contributed by atoms with Crippen molar-refractivity contribution in [1.82, 2.24) is 0 Å². The van der Waals surface area contributed by atoms with Gasteiger partial charge in [0, 0.05) is 5.69 Å². The molecule has 0 heterocycles. The fourth-order valence-corrected chi connectivity index (χ4v) is 1.27. The average molecular weight is 179 g/mol. The number of anilines is 1. The molecule has 1 aromatic rings. The lowest BCUT2D eigenvalue weighted by atomic mass is 9.96. The van der Waals surface area contributed by atoms with Gasteiger partial charge >= 0.3 is 5.97 Å². The van der Waals surface area contributed by atoms with Crippen molar-refractivity contribution in [3.63, 3.8) is 0 Å². The Bertz CT molecular complexity index is 334. The molecule has 1 unspecified atom stereocenters.